The summed E-state index contributed by atoms with van der Waals surface area (Å²) in [6.07, 6.45) is 5.66. The first-order chi connectivity index (χ1) is 19.3. The van der Waals surface area contributed by atoms with Crippen molar-refractivity contribution in [3.05, 3.63) is 148 Å². The fraction of sp³-hybridized carbons (Fsp3) is 0.359. The van der Waals surface area contributed by atoms with E-state index in [9.17, 15) is 0 Å². The molecular weight excluding hydrogens is 655 g/mol. The second-order valence-corrected chi connectivity index (χ2v) is 8.49. The molecular formula is C39H55Re-. The van der Waals surface area contributed by atoms with Crippen LogP contribution in [0.5, 0.6) is 0 Å². The smallest absolute Gasteiger partial charge is 0 e. The van der Waals surface area contributed by atoms with Crippen molar-refractivity contribution in [3.63, 3.8) is 0 Å². The maximum absolute atomic E-state index is 3.25. The van der Waals surface area contributed by atoms with Crippen LogP contribution in [0.2, 0.25) is 0 Å². The Balaban J connectivity index is 0. The fourth-order valence-electron chi connectivity index (χ4n) is 4.43. The molecule has 0 bridgehead atoms. The first kappa shape index (κ1) is 39.7. The van der Waals surface area contributed by atoms with Crippen LogP contribution in [0.25, 0.3) is 0 Å². The number of benzene rings is 4. The van der Waals surface area contributed by atoms with E-state index in [0.717, 1.165) is 25.7 Å². The molecule has 2 aliphatic rings. The van der Waals surface area contributed by atoms with Gasteiger partial charge in [0.15, 0.2) is 0 Å². The molecule has 0 amide bonds. The van der Waals surface area contributed by atoms with Crippen molar-refractivity contribution in [1.82, 2.24) is 0 Å². The molecule has 0 nitrogen and oxygen atoms in total. The van der Waals surface area contributed by atoms with Crippen molar-refractivity contribution in [2.75, 3.05) is 0 Å². The van der Waals surface area contributed by atoms with Crippen LogP contribution in [0.3, 0.4) is 0 Å². The summed E-state index contributed by atoms with van der Waals surface area (Å²) in [6.45, 7) is 21.2. The van der Waals surface area contributed by atoms with E-state index in [1.807, 2.05) is 41.5 Å². The molecule has 0 N–H and O–H groups in total. The van der Waals surface area contributed by atoms with Gasteiger partial charge in [0.05, 0.1) is 0 Å². The molecule has 1 radical (unpaired) electrons. The SMILES string of the molecule is CC.CC.CC.CCC.[CH2-]C.[Re].c1ccc2c(c1)Cc1ccccc1C2.c1ccc2c(c1)Cc1ccccc1C2. The normalized spacial score (nSPS) is 10.2. The van der Waals surface area contributed by atoms with Gasteiger partial charge in [0.2, 0.25) is 0 Å². The van der Waals surface area contributed by atoms with Crippen molar-refractivity contribution in [1.29, 1.82) is 0 Å². The van der Waals surface area contributed by atoms with Gasteiger partial charge in [-0.05, 0) is 70.2 Å². The minimum absolute atomic E-state index is 0. The molecule has 0 unspecified atom stereocenters. The van der Waals surface area contributed by atoms with Crippen molar-refractivity contribution in [3.8, 4) is 0 Å². The molecule has 0 fully saturated rings. The Kier molecular flexibility index (Phi) is 25.3. The Morgan fingerprint density at radius 2 is 0.475 bits per heavy atom. The van der Waals surface area contributed by atoms with E-state index in [-0.39, 0.29) is 20.4 Å². The number of hydrogen-bond donors (Lipinski definition) is 0. The fourth-order valence-corrected chi connectivity index (χ4v) is 4.43. The van der Waals surface area contributed by atoms with E-state index in [2.05, 4.69) is 118 Å². The monoisotopic (exact) mass is 710 g/mol. The topological polar surface area (TPSA) is 0 Å². The maximum atomic E-state index is 3.25. The zero-order valence-electron chi connectivity index (χ0n) is 26.9. The van der Waals surface area contributed by atoms with E-state index in [1.165, 1.54) is 50.9 Å². The first-order valence-corrected chi connectivity index (χ1v) is 15.3. The number of fused-ring (bicyclic) bond motifs is 4. The van der Waals surface area contributed by atoms with Gasteiger partial charge in [0.1, 0.15) is 0 Å². The van der Waals surface area contributed by atoms with Gasteiger partial charge in [-0.15, -0.1) is 0 Å². The number of rotatable bonds is 0. The summed E-state index contributed by atoms with van der Waals surface area (Å²) in [5.41, 5.74) is 11.9. The molecule has 2 aliphatic carbocycles. The Bertz CT molecular complexity index is 877. The second kappa shape index (κ2) is 25.5. The minimum atomic E-state index is 0. The van der Waals surface area contributed by atoms with Crippen LogP contribution in [0.1, 0.15) is 113 Å². The van der Waals surface area contributed by atoms with E-state index >= 15 is 0 Å². The molecule has 0 aliphatic heterocycles. The van der Waals surface area contributed by atoms with Crippen molar-refractivity contribution in [2.45, 2.75) is 94.4 Å². The second-order valence-electron chi connectivity index (χ2n) is 8.49. The summed E-state index contributed by atoms with van der Waals surface area (Å²) in [6, 6.07) is 35.0. The molecule has 0 aromatic heterocycles. The van der Waals surface area contributed by atoms with Crippen molar-refractivity contribution in [2.24, 2.45) is 0 Å². The van der Waals surface area contributed by atoms with Gasteiger partial charge in [-0.2, -0.15) is 6.92 Å². The average Bonchev–Trinajstić information content (AvgIpc) is 3.03. The molecule has 0 heterocycles. The first-order valence-electron chi connectivity index (χ1n) is 15.3. The Morgan fingerprint density at radius 3 is 0.575 bits per heavy atom. The van der Waals surface area contributed by atoms with E-state index in [4.69, 9.17) is 0 Å². The molecule has 4 aromatic rings. The number of hydrogen-bond acceptors (Lipinski definition) is 0. The summed E-state index contributed by atoms with van der Waals surface area (Å²) < 4.78 is 0. The summed E-state index contributed by atoms with van der Waals surface area (Å²) in [4.78, 5) is 0. The van der Waals surface area contributed by atoms with Gasteiger partial charge in [-0.25, -0.2) is 0 Å². The van der Waals surface area contributed by atoms with Gasteiger partial charge >= 0.3 is 0 Å². The summed E-state index contributed by atoms with van der Waals surface area (Å²) >= 11 is 0. The third-order valence-electron chi connectivity index (χ3n) is 6.00. The van der Waals surface area contributed by atoms with Gasteiger partial charge in [-0.1, -0.05) is 159 Å². The van der Waals surface area contributed by atoms with Crippen LogP contribution in [0.4, 0.5) is 0 Å². The quantitative estimate of drug-likeness (QED) is 0.138. The molecule has 0 spiro atoms. The summed E-state index contributed by atoms with van der Waals surface area (Å²) in [7, 11) is 0. The standard InChI is InChI=1S/2C14H12.C3H8.3C2H6.C2H5.Re/c2*1-2-6-12-10-14-8-4-3-7-13(14)9-11(12)5-1;1-3-2;4*1-2;/h2*1-8H,9-10H2;3H2,1-2H3;3*1-2H3;1H2,2H3;/q;;;;;;-1;. The largest absolute Gasteiger partial charge is 0.346 e. The molecule has 6 rings (SSSR count). The van der Waals surface area contributed by atoms with Crippen LogP contribution in [0, 0.1) is 6.92 Å². The zero-order chi connectivity index (χ0) is 29.5. The molecule has 40 heavy (non-hydrogen) atoms. The molecule has 4 aromatic carbocycles. The third kappa shape index (κ3) is 12.8. The molecule has 0 atom stereocenters. The van der Waals surface area contributed by atoms with Crippen LogP contribution in [0.15, 0.2) is 97.1 Å². The van der Waals surface area contributed by atoms with Gasteiger partial charge in [0, 0.05) is 20.4 Å². The molecule has 219 valence electrons. The van der Waals surface area contributed by atoms with Crippen LogP contribution in [-0.4, -0.2) is 0 Å². The maximum Gasteiger partial charge on any atom is 0 e. The predicted octanol–water partition coefficient (Wildman–Crippen LogP) is 11.7. The van der Waals surface area contributed by atoms with Crippen LogP contribution >= 0.6 is 0 Å². The van der Waals surface area contributed by atoms with Gasteiger partial charge < -0.3 is 6.92 Å². The Morgan fingerprint density at radius 1 is 0.375 bits per heavy atom. The predicted molar refractivity (Wildman–Crippen MR) is 178 cm³/mol. The molecule has 1 heteroatoms. The van der Waals surface area contributed by atoms with Crippen molar-refractivity contribution < 1.29 is 20.4 Å². The zero-order valence-corrected chi connectivity index (χ0v) is 29.6. The van der Waals surface area contributed by atoms with Crippen LogP contribution < -0.4 is 0 Å². The van der Waals surface area contributed by atoms with Crippen molar-refractivity contribution >= 4 is 0 Å². The van der Waals surface area contributed by atoms with Gasteiger partial charge in [0.25, 0.3) is 0 Å². The van der Waals surface area contributed by atoms with E-state index < -0.39 is 0 Å². The van der Waals surface area contributed by atoms with E-state index in [0.29, 0.717) is 0 Å². The minimum Gasteiger partial charge on any atom is -0.346 e. The van der Waals surface area contributed by atoms with Gasteiger partial charge in [-0.3, -0.25) is 0 Å². The third-order valence-corrected chi connectivity index (χ3v) is 6.00. The van der Waals surface area contributed by atoms with Crippen LogP contribution in [-0.2, 0) is 46.1 Å². The van der Waals surface area contributed by atoms with E-state index in [1.54, 1.807) is 6.92 Å². The average molecular weight is 710 g/mol. The molecule has 0 saturated carbocycles. The Labute approximate surface area is 262 Å². The summed E-state index contributed by atoms with van der Waals surface area (Å²) in [5.74, 6) is 0. The molecule has 0 saturated heterocycles. The summed E-state index contributed by atoms with van der Waals surface area (Å²) in [5, 5.41) is 0. The Hall–Kier alpha value is -2.46.